The molecule has 2 aliphatic rings. The highest BCUT2D eigenvalue weighted by Gasteiger charge is 2.61. The number of nitrogens with zero attached hydrogens (tertiary/aromatic N) is 3. The van der Waals surface area contributed by atoms with Gasteiger partial charge in [0.15, 0.2) is 18.9 Å². The number of carbonyl (C=O) groups is 3. The molecule has 1 N–H and O–H groups in total. The number of non-ortho nitro benzene ring substituents is 1. The number of hydrogen-bond donors (Lipinski definition) is 1. The minimum absolute atomic E-state index is 0. The number of rotatable bonds is 10. The molecule has 2 aliphatic heterocycles. The fourth-order valence-corrected chi connectivity index (χ4v) is 7.16. The lowest BCUT2D eigenvalue weighted by molar-refractivity contribution is -0.688. The summed E-state index contributed by atoms with van der Waals surface area (Å²) in [4.78, 5) is 51.7. The number of nitro groups is 1. The van der Waals surface area contributed by atoms with Gasteiger partial charge in [-0.25, -0.2) is 9.36 Å². The molecule has 2 fully saturated rings. The standard InChI is InChI=1S/C33H28N4O6S.BrH/c38-27(19-22-7-3-1-4-8-22)34-28-31(39)36-29(33(40)43-21-24-11-15-26(16-12-24)37(41)42)30(44-32(28)36)25-13-9-23(10-14-25)20-35-17-5-2-6-18-35;/h1-18,28-30,32H,19-21H2;1H/t28-,29-,30-,32-;/m1./s1. The number of β-lactam (4-membered cyclic amide) rings is 1. The van der Waals surface area contributed by atoms with Gasteiger partial charge in [-0.2, -0.15) is 0 Å². The quantitative estimate of drug-likeness (QED) is 0.0857. The number of nitrogens with one attached hydrogen (secondary N) is 1. The molecule has 2 saturated heterocycles. The zero-order valence-corrected chi connectivity index (χ0v) is 26.3. The number of nitro benzene ring substituents is 1. The number of aromatic nitrogens is 1. The second kappa shape index (κ2) is 14.0. The SMILES string of the molecule is O=C(Cc1ccccc1)N[C@@H]1C(=O)N2[C@@H]1S[C@H](c1ccc(C[n+]3ccccc3)cc1)[C@@H]2C(=O)OCc1ccc([N+](=O)[O-])cc1.[Br-]. The highest BCUT2D eigenvalue weighted by Crippen LogP contribution is 2.52. The van der Waals surface area contributed by atoms with Gasteiger partial charge in [-0.3, -0.25) is 19.7 Å². The fourth-order valence-electron chi connectivity index (χ4n) is 5.45. The number of amides is 2. The number of fused-ring (bicyclic) bond motifs is 1. The lowest BCUT2D eigenvalue weighted by atomic mass is 9.97. The zero-order chi connectivity index (χ0) is 30.6. The minimum Gasteiger partial charge on any atom is -1.00 e. The lowest BCUT2D eigenvalue weighted by Crippen LogP contribution is -3.00. The Labute approximate surface area is 274 Å². The van der Waals surface area contributed by atoms with E-state index in [0.29, 0.717) is 12.1 Å². The summed E-state index contributed by atoms with van der Waals surface area (Å²) in [6.45, 7) is 0.588. The molecule has 0 unspecified atom stereocenters. The molecule has 3 heterocycles. The number of hydrogen-bond acceptors (Lipinski definition) is 7. The van der Waals surface area contributed by atoms with Crippen LogP contribution in [0.5, 0.6) is 0 Å². The smallest absolute Gasteiger partial charge is 0.330 e. The van der Waals surface area contributed by atoms with Crippen LogP contribution in [-0.2, 0) is 38.7 Å². The second-order valence-corrected chi connectivity index (χ2v) is 11.9. The first-order valence-electron chi connectivity index (χ1n) is 14.1. The number of carbonyl (C=O) groups excluding carboxylic acids is 3. The molecule has 45 heavy (non-hydrogen) atoms. The van der Waals surface area contributed by atoms with E-state index in [2.05, 4.69) is 9.88 Å². The molecule has 4 aromatic rings. The number of esters is 1. The van der Waals surface area contributed by atoms with Gasteiger partial charge in [0.25, 0.3) is 5.69 Å². The highest BCUT2D eigenvalue weighted by molar-refractivity contribution is 8.00. The summed E-state index contributed by atoms with van der Waals surface area (Å²) in [5.41, 5.74) is 3.32. The van der Waals surface area contributed by atoms with Crippen molar-refractivity contribution in [3.05, 3.63) is 142 Å². The summed E-state index contributed by atoms with van der Waals surface area (Å²) in [6.07, 6.45) is 4.12. The Kier molecular flexibility index (Phi) is 9.94. The molecule has 0 aliphatic carbocycles. The van der Waals surface area contributed by atoms with Crippen molar-refractivity contribution in [1.82, 2.24) is 10.2 Å². The molecule has 6 rings (SSSR count). The van der Waals surface area contributed by atoms with Crippen LogP contribution in [0.1, 0.15) is 27.5 Å². The Hall–Kier alpha value is -4.55. The van der Waals surface area contributed by atoms with E-state index >= 15 is 0 Å². The molecule has 3 aromatic carbocycles. The van der Waals surface area contributed by atoms with Crippen molar-refractivity contribution < 1.29 is 45.6 Å². The Morgan fingerprint density at radius 2 is 1.53 bits per heavy atom. The van der Waals surface area contributed by atoms with E-state index in [1.54, 1.807) is 0 Å². The van der Waals surface area contributed by atoms with Crippen LogP contribution < -0.4 is 26.9 Å². The second-order valence-electron chi connectivity index (χ2n) is 10.7. The first kappa shape index (κ1) is 31.9. The molecule has 230 valence electrons. The average Bonchev–Trinajstić information content (AvgIpc) is 3.40. The van der Waals surface area contributed by atoms with E-state index in [0.717, 1.165) is 16.7 Å². The average molecular weight is 690 g/mol. The van der Waals surface area contributed by atoms with Gasteiger partial charge < -0.3 is 31.9 Å². The maximum absolute atomic E-state index is 13.6. The largest absolute Gasteiger partial charge is 1.00 e. The van der Waals surface area contributed by atoms with Crippen LogP contribution in [0.25, 0.3) is 0 Å². The monoisotopic (exact) mass is 688 g/mol. The third kappa shape index (κ3) is 7.07. The molecule has 10 nitrogen and oxygen atoms in total. The molecule has 0 saturated carbocycles. The third-order valence-electron chi connectivity index (χ3n) is 7.70. The molecule has 0 spiro atoms. The number of halogens is 1. The molecular weight excluding hydrogens is 660 g/mol. The Balaban J connectivity index is 0.00000400. The van der Waals surface area contributed by atoms with Gasteiger partial charge in [0.05, 0.1) is 16.6 Å². The summed E-state index contributed by atoms with van der Waals surface area (Å²) < 4.78 is 7.72. The van der Waals surface area contributed by atoms with Gasteiger partial charge in [0.2, 0.25) is 11.8 Å². The summed E-state index contributed by atoms with van der Waals surface area (Å²) >= 11 is 1.46. The van der Waals surface area contributed by atoms with Gasteiger partial charge in [-0.05, 0) is 28.8 Å². The molecule has 0 radical (unpaired) electrons. The van der Waals surface area contributed by atoms with Crippen LogP contribution in [0, 0.1) is 10.1 Å². The summed E-state index contributed by atoms with van der Waals surface area (Å²) in [7, 11) is 0. The van der Waals surface area contributed by atoms with Crippen LogP contribution in [0.15, 0.2) is 109 Å². The van der Waals surface area contributed by atoms with Crippen molar-refractivity contribution in [3.8, 4) is 0 Å². The first-order valence-corrected chi connectivity index (χ1v) is 15.1. The lowest BCUT2D eigenvalue weighted by Gasteiger charge is -2.43. The molecule has 0 bridgehead atoms. The van der Waals surface area contributed by atoms with Crippen LogP contribution in [-0.4, -0.2) is 45.1 Å². The van der Waals surface area contributed by atoms with Gasteiger partial charge in [-0.1, -0.05) is 60.7 Å². The van der Waals surface area contributed by atoms with Crippen molar-refractivity contribution >= 4 is 35.2 Å². The van der Waals surface area contributed by atoms with E-state index in [-0.39, 0.29) is 47.5 Å². The summed E-state index contributed by atoms with van der Waals surface area (Å²) in [5, 5.41) is 13.0. The molecular formula is C33H29BrN4O6S. The topological polar surface area (TPSA) is 123 Å². The minimum atomic E-state index is -0.896. The van der Waals surface area contributed by atoms with Gasteiger partial charge >= 0.3 is 5.97 Å². The van der Waals surface area contributed by atoms with Crippen LogP contribution in [0.3, 0.4) is 0 Å². The van der Waals surface area contributed by atoms with Crippen molar-refractivity contribution in [1.29, 1.82) is 0 Å². The molecule has 4 atom stereocenters. The predicted molar refractivity (Wildman–Crippen MR) is 162 cm³/mol. The van der Waals surface area contributed by atoms with E-state index in [1.807, 2.05) is 85.2 Å². The van der Waals surface area contributed by atoms with Crippen LogP contribution >= 0.6 is 11.8 Å². The Morgan fingerprint density at radius 1 is 0.889 bits per heavy atom. The Morgan fingerprint density at radius 3 is 2.20 bits per heavy atom. The van der Waals surface area contributed by atoms with E-state index < -0.39 is 33.6 Å². The first-order chi connectivity index (χ1) is 21.4. The maximum Gasteiger partial charge on any atom is 0.330 e. The molecule has 1 aromatic heterocycles. The zero-order valence-electron chi connectivity index (χ0n) is 23.9. The van der Waals surface area contributed by atoms with Gasteiger partial charge in [-0.15, -0.1) is 11.8 Å². The number of thioether (sulfide) groups is 1. The van der Waals surface area contributed by atoms with Gasteiger partial charge in [0, 0.05) is 29.8 Å². The number of ether oxygens (including phenoxy) is 1. The summed E-state index contributed by atoms with van der Waals surface area (Å²) in [6, 6.07) is 27.2. The normalized spacial score (nSPS) is 19.9. The summed E-state index contributed by atoms with van der Waals surface area (Å²) in [5.74, 6) is -1.17. The predicted octanol–water partition coefficient (Wildman–Crippen LogP) is 0.730. The number of benzene rings is 3. The fraction of sp³-hybridized carbons (Fsp3) is 0.212. The van der Waals surface area contributed by atoms with E-state index in [9.17, 15) is 24.5 Å². The van der Waals surface area contributed by atoms with Gasteiger partial charge in [0.1, 0.15) is 24.1 Å². The van der Waals surface area contributed by atoms with E-state index in [4.69, 9.17) is 4.74 Å². The van der Waals surface area contributed by atoms with Crippen LogP contribution in [0.4, 0.5) is 5.69 Å². The van der Waals surface area contributed by atoms with Crippen molar-refractivity contribution in [2.75, 3.05) is 0 Å². The third-order valence-corrected chi connectivity index (χ3v) is 9.30. The van der Waals surface area contributed by atoms with Crippen molar-refractivity contribution in [3.63, 3.8) is 0 Å². The maximum atomic E-state index is 13.6. The van der Waals surface area contributed by atoms with E-state index in [1.165, 1.54) is 40.9 Å². The molecule has 12 heteroatoms. The van der Waals surface area contributed by atoms with Crippen molar-refractivity contribution in [2.24, 2.45) is 0 Å². The highest BCUT2D eigenvalue weighted by atomic mass is 79.9. The molecule has 2 amide bonds. The Bertz CT molecular complexity index is 1680. The number of pyridine rings is 1. The van der Waals surface area contributed by atoms with Crippen molar-refractivity contribution in [2.45, 2.75) is 42.3 Å². The van der Waals surface area contributed by atoms with Crippen LogP contribution in [0.2, 0.25) is 0 Å².